The molecular formula is C18H17NO3S. The Hall–Kier alpha value is -2.40. The van der Waals surface area contributed by atoms with Gasteiger partial charge < -0.3 is 0 Å². The molecule has 0 spiro atoms. The van der Waals surface area contributed by atoms with E-state index >= 15 is 0 Å². The van der Waals surface area contributed by atoms with Crippen molar-refractivity contribution in [3.05, 3.63) is 78.0 Å². The highest BCUT2D eigenvalue weighted by atomic mass is 32.2. The summed E-state index contributed by atoms with van der Waals surface area (Å²) in [5, 5.41) is 0. The Balaban J connectivity index is 2.06. The molecule has 0 amide bonds. The zero-order valence-corrected chi connectivity index (χ0v) is 13.5. The first-order valence-corrected chi connectivity index (χ1v) is 8.79. The number of hydrogen-bond donors (Lipinski definition) is 0. The van der Waals surface area contributed by atoms with Crippen LogP contribution < -0.4 is 0 Å². The Morgan fingerprint density at radius 2 is 1.65 bits per heavy atom. The SMILES string of the molecule is Cc1ccc(S(=O)(=O)N2C=CC(=O)C[C@@H]2c2ccccc2)cc1. The fourth-order valence-electron chi connectivity index (χ4n) is 2.63. The highest BCUT2D eigenvalue weighted by molar-refractivity contribution is 7.89. The average Bonchev–Trinajstić information content (AvgIpc) is 2.56. The number of carbonyl (C=O) groups is 1. The predicted octanol–water partition coefficient (Wildman–Crippen LogP) is 3.21. The molecule has 2 aromatic carbocycles. The van der Waals surface area contributed by atoms with Crippen molar-refractivity contribution in [3.63, 3.8) is 0 Å². The third kappa shape index (κ3) is 3.05. The van der Waals surface area contributed by atoms with Gasteiger partial charge in [-0.25, -0.2) is 8.42 Å². The zero-order chi connectivity index (χ0) is 16.4. The Morgan fingerprint density at radius 3 is 2.30 bits per heavy atom. The Labute approximate surface area is 136 Å². The van der Waals surface area contributed by atoms with Gasteiger partial charge in [0, 0.05) is 12.6 Å². The van der Waals surface area contributed by atoms with E-state index in [0.29, 0.717) is 0 Å². The lowest BCUT2D eigenvalue weighted by Crippen LogP contribution is -2.34. The van der Waals surface area contributed by atoms with Crippen LogP contribution in [0.1, 0.15) is 23.6 Å². The van der Waals surface area contributed by atoms with E-state index in [-0.39, 0.29) is 17.1 Å². The van der Waals surface area contributed by atoms with Crippen LogP contribution >= 0.6 is 0 Å². The highest BCUT2D eigenvalue weighted by Crippen LogP contribution is 2.33. The van der Waals surface area contributed by atoms with Crippen LogP contribution in [0.4, 0.5) is 0 Å². The van der Waals surface area contributed by atoms with Gasteiger partial charge in [0.25, 0.3) is 10.0 Å². The summed E-state index contributed by atoms with van der Waals surface area (Å²) in [6.07, 6.45) is 2.84. The van der Waals surface area contributed by atoms with E-state index in [9.17, 15) is 13.2 Å². The first kappa shape index (κ1) is 15.5. The molecule has 1 atom stereocenters. The van der Waals surface area contributed by atoms with Gasteiger partial charge in [0.2, 0.25) is 0 Å². The number of sulfonamides is 1. The van der Waals surface area contributed by atoms with Gasteiger partial charge in [-0.2, -0.15) is 0 Å². The highest BCUT2D eigenvalue weighted by Gasteiger charge is 2.33. The van der Waals surface area contributed by atoms with Crippen LogP contribution in [0, 0.1) is 6.92 Å². The molecule has 0 saturated carbocycles. The van der Waals surface area contributed by atoms with Crippen LogP contribution in [0.15, 0.2) is 71.8 Å². The number of rotatable bonds is 3. The van der Waals surface area contributed by atoms with E-state index in [1.54, 1.807) is 24.3 Å². The molecular weight excluding hydrogens is 310 g/mol. The molecule has 0 bridgehead atoms. The van der Waals surface area contributed by atoms with Gasteiger partial charge in [0.05, 0.1) is 10.9 Å². The van der Waals surface area contributed by atoms with Crippen molar-refractivity contribution in [2.24, 2.45) is 0 Å². The summed E-state index contributed by atoms with van der Waals surface area (Å²) in [5.74, 6) is -0.0748. The normalized spacial score (nSPS) is 18.2. The van der Waals surface area contributed by atoms with Gasteiger partial charge in [-0.1, -0.05) is 48.0 Å². The van der Waals surface area contributed by atoms with Crippen LogP contribution in [0.2, 0.25) is 0 Å². The zero-order valence-electron chi connectivity index (χ0n) is 12.7. The largest absolute Gasteiger partial charge is 0.295 e. The van der Waals surface area contributed by atoms with Crippen LogP contribution in [-0.2, 0) is 14.8 Å². The number of benzene rings is 2. The third-order valence-electron chi connectivity index (χ3n) is 3.89. The Kier molecular flexibility index (Phi) is 4.05. The molecule has 0 radical (unpaired) electrons. The molecule has 1 aliphatic heterocycles. The summed E-state index contributed by atoms with van der Waals surface area (Å²) in [6.45, 7) is 1.91. The minimum atomic E-state index is -3.71. The van der Waals surface area contributed by atoms with E-state index in [4.69, 9.17) is 0 Å². The molecule has 0 fully saturated rings. The van der Waals surface area contributed by atoms with Crippen LogP contribution in [0.25, 0.3) is 0 Å². The Morgan fingerprint density at radius 1 is 1.00 bits per heavy atom. The van der Waals surface area contributed by atoms with Crippen molar-refractivity contribution >= 4 is 15.8 Å². The fraction of sp³-hybridized carbons (Fsp3) is 0.167. The number of allylic oxidation sites excluding steroid dienone is 1. The Bertz CT molecular complexity index is 840. The smallest absolute Gasteiger partial charge is 0.264 e. The molecule has 2 aromatic rings. The van der Waals surface area contributed by atoms with Crippen LogP contribution in [0.3, 0.4) is 0 Å². The molecule has 0 saturated heterocycles. The maximum absolute atomic E-state index is 13.0. The first-order valence-electron chi connectivity index (χ1n) is 7.35. The van der Waals surface area contributed by atoms with Crippen molar-refractivity contribution < 1.29 is 13.2 Å². The summed E-state index contributed by atoms with van der Waals surface area (Å²) >= 11 is 0. The predicted molar refractivity (Wildman–Crippen MR) is 88.2 cm³/mol. The standard InChI is InChI=1S/C18H17NO3S/c1-14-7-9-17(10-8-14)23(21,22)19-12-11-16(20)13-18(19)15-5-3-2-4-6-15/h2-12,18H,13H2,1H3/t18-/m1/s1. The third-order valence-corrected chi connectivity index (χ3v) is 5.69. The molecule has 1 aliphatic rings. The molecule has 118 valence electrons. The maximum atomic E-state index is 13.0. The van der Waals surface area contributed by atoms with Gasteiger partial charge in [0.1, 0.15) is 0 Å². The fourth-order valence-corrected chi connectivity index (χ4v) is 4.10. The average molecular weight is 327 g/mol. The summed E-state index contributed by atoms with van der Waals surface area (Å²) in [5.41, 5.74) is 1.80. The van der Waals surface area contributed by atoms with E-state index in [2.05, 4.69) is 0 Å². The van der Waals surface area contributed by atoms with Crippen LogP contribution in [0.5, 0.6) is 0 Å². The number of nitrogens with zero attached hydrogens (tertiary/aromatic N) is 1. The van der Waals surface area contributed by atoms with Gasteiger partial charge in [0.15, 0.2) is 5.78 Å². The lowest BCUT2D eigenvalue weighted by molar-refractivity contribution is -0.115. The number of ketones is 1. The summed E-state index contributed by atoms with van der Waals surface area (Å²) in [4.78, 5) is 12.0. The number of aryl methyl sites for hydroxylation is 1. The lowest BCUT2D eigenvalue weighted by atomic mass is 9.99. The second-order valence-electron chi connectivity index (χ2n) is 5.56. The van der Waals surface area contributed by atoms with E-state index in [0.717, 1.165) is 11.1 Å². The lowest BCUT2D eigenvalue weighted by Gasteiger charge is -2.32. The second-order valence-corrected chi connectivity index (χ2v) is 7.40. The van der Waals surface area contributed by atoms with E-state index < -0.39 is 16.1 Å². The van der Waals surface area contributed by atoms with Crippen molar-refractivity contribution in [3.8, 4) is 0 Å². The molecule has 4 nitrogen and oxygen atoms in total. The molecule has 0 aromatic heterocycles. The molecule has 1 heterocycles. The van der Waals surface area contributed by atoms with Gasteiger partial charge >= 0.3 is 0 Å². The minimum Gasteiger partial charge on any atom is -0.295 e. The van der Waals surface area contributed by atoms with Crippen LogP contribution in [-0.4, -0.2) is 18.5 Å². The maximum Gasteiger partial charge on any atom is 0.264 e. The molecule has 23 heavy (non-hydrogen) atoms. The number of hydrogen-bond acceptors (Lipinski definition) is 3. The topological polar surface area (TPSA) is 54.5 Å². The molecule has 0 unspecified atom stereocenters. The molecule has 0 aliphatic carbocycles. The summed E-state index contributed by atoms with van der Waals surface area (Å²) in [6, 6.07) is 15.4. The quantitative estimate of drug-likeness (QED) is 0.870. The van der Waals surface area contributed by atoms with Crippen molar-refractivity contribution in [2.45, 2.75) is 24.3 Å². The number of carbonyl (C=O) groups excluding carboxylic acids is 1. The van der Waals surface area contributed by atoms with E-state index in [1.165, 1.54) is 16.6 Å². The van der Waals surface area contributed by atoms with Gasteiger partial charge in [-0.15, -0.1) is 0 Å². The molecule has 0 N–H and O–H groups in total. The second kappa shape index (κ2) is 6.01. The van der Waals surface area contributed by atoms with Crippen molar-refractivity contribution in [1.29, 1.82) is 0 Å². The molecule has 5 heteroatoms. The van der Waals surface area contributed by atoms with Crippen molar-refractivity contribution in [2.75, 3.05) is 0 Å². The summed E-state index contributed by atoms with van der Waals surface area (Å²) < 4.78 is 27.2. The minimum absolute atomic E-state index is 0.0748. The molecule has 3 rings (SSSR count). The van der Waals surface area contributed by atoms with Gasteiger partial charge in [-0.3, -0.25) is 9.10 Å². The monoisotopic (exact) mass is 327 g/mol. The van der Waals surface area contributed by atoms with Gasteiger partial charge in [-0.05, 0) is 30.7 Å². The first-order chi connectivity index (χ1) is 11.0. The summed E-state index contributed by atoms with van der Waals surface area (Å²) in [7, 11) is -3.71. The van der Waals surface area contributed by atoms with E-state index in [1.807, 2.05) is 37.3 Å². The van der Waals surface area contributed by atoms with Crippen molar-refractivity contribution in [1.82, 2.24) is 4.31 Å².